The molecule has 1 atom stereocenters. The van der Waals surface area contributed by atoms with E-state index < -0.39 is 0 Å². The molecule has 4 nitrogen and oxygen atoms in total. The maximum Gasteiger partial charge on any atom is 0.0748 e. The first-order valence-electron chi connectivity index (χ1n) is 7.59. The van der Waals surface area contributed by atoms with Crippen molar-refractivity contribution in [1.82, 2.24) is 5.32 Å². The number of nitrogens with zero attached hydrogens (tertiary/aromatic N) is 1. The fraction of sp³-hybridized carbons (Fsp3) is 0.625. The molecule has 5 heteroatoms. The third-order valence-electron chi connectivity index (χ3n) is 3.78. The number of hydrogen-bond acceptors (Lipinski definition) is 4. The van der Waals surface area contributed by atoms with Gasteiger partial charge in [0, 0.05) is 33.3 Å². The van der Waals surface area contributed by atoms with E-state index in [0.29, 0.717) is 12.7 Å². The number of anilines is 1. The van der Waals surface area contributed by atoms with Crippen LogP contribution >= 0.6 is 11.6 Å². The van der Waals surface area contributed by atoms with E-state index >= 15 is 0 Å². The topological polar surface area (TPSA) is 33.7 Å². The Bertz CT molecular complexity index is 442. The van der Waals surface area contributed by atoms with Gasteiger partial charge in [0.25, 0.3) is 0 Å². The molecule has 0 aliphatic carbocycles. The number of benzene rings is 1. The Morgan fingerprint density at radius 2 is 2.33 bits per heavy atom. The summed E-state index contributed by atoms with van der Waals surface area (Å²) in [5, 5.41) is 4.21. The third-order valence-corrected chi connectivity index (χ3v) is 4.08. The van der Waals surface area contributed by atoms with Crippen molar-refractivity contribution >= 4 is 17.3 Å². The zero-order valence-corrected chi connectivity index (χ0v) is 13.7. The van der Waals surface area contributed by atoms with Crippen LogP contribution in [0, 0.1) is 0 Å². The van der Waals surface area contributed by atoms with E-state index in [2.05, 4.69) is 23.2 Å². The second-order valence-corrected chi connectivity index (χ2v) is 5.67. The molecule has 1 aliphatic heterocycles. The van der Waals surface area contributed by atoms with Crippen LogP contribution < -0.4 is 10.2 Å². The summed E-state index contributed by atoms with van der Waals surface area (Å²) in [5.74, 6) is 0. The molecule has 1 heterocycles. The monoisotopic (exact) mass is 312 g/mol. The highest BCUT2D eigenvalue weighted by atomic mass is 35.5. The maximum absolute atomic E-state index is 6.46. The Hall–Kier alpha value is -0.810. The summed E-state index contributed by atoms with van der Waals surface area (Å²) in [7, 11) is 1.71. The first-order valence-corrected chi connectivity index (χ1v) is 7.97. The van der Waals surface area contributed by atoms with Gasteiger partial charge >= 0.3 is 0 Å². The summed E-state index contributed by atoms with van der Waals surface area (Å²) < 4.78 is 10.8. The zero-order valence-electron chi connectivity index (χ0n) is 12.9. The van der Waals surface area contributed by atoms with Gasteiger partial charge in [-0.05, 0) is 18.1 Å². The second kappa shape index (κ2) is 8.59. The first-order chi connectivity index (χ1) is 10.3. The van der Waals surface area contributed by atoms with E-state index in [0.717, 1.165) is 49.9 Å². The second-order valence-electron chi connectivity index (χ2n) is 5.26. The van der Waals surface area contributed by atoms with Gasteiger partial charge in [0.05, 0.1) is 30.0 Å². The number of methoxy groups -OCH3 is 1. The highest BCUT2D eigenvalue weighted by Crippen LogP contribution is 2.31. The summed E-state index contributed by atoms with van der Waals surface area (Å²) in [4.78, 5) is 2.35. The van der Waals surface area contributed by atoms with E-state index in [-0.39, 0.29) is 0 Å². The van der Waals surface area contributed by atoms with Crippen LogP contribution in [0.15, 0.2) is 18.2 Å². The third kappa shape index (κ3) is 4.58. The van der Waals surface area contributed by atoms with Gasteiger partial charge in [-0.25, -0.2) is 0 Å². The lowest BCUT2D eigenvalue weighted by atomic mass is 10.1. The number of nitrogens with one attached hydrogen (secondary N) is 1. The maximum atomic E-state index is 6.46. The fourth-order valence-corrected chi connectivity index (χ4v) is 2.94. The average Bonchev–Trinajstić information content (AvgIpc) is 2.51. The quantitative estimate of drug-likeness (QED) is 0.785. The van der Waals surface area contributed by atoms with Crippen LogP contribution in [0.3, 0.4) is 0 Å². The van der Waals surface area contributed by atoms with E-state index in [1.807, 2.05) is 12.1 Å². The van der Waals surface area contributed by atoms with Crippen LogP contribution in [0.5, 0.6) is 0 Å². The molecule has 0 radical (unpaired) electrons. The van der Waals surface area contributed by atoms with Gasteiger partial charge in [-0.3, -0.25) is 0 Å². The molecular weight excluding hydrogens is 288 g/mol. The molecule has 1 aromatic carbocycles. The molecule has 2 rings (SSSR count). The molecule has 1 aromatic rings. The normalized spacial score (nSPS) is 19.0. The van der Waals surface area contributed by atoms with Gasteiger partial charge in [0.2, 0.25) is 0 Å². The Labute approximate surface area is 132 Å². The molecule has 0 spiro atoms. The van der Waals surface area contributed by atoms with Gasteiger partial charge in [-0.15, -0.1) is 0 Å². The van der Waals surface area contributed by atoms with Crippen LogP contribution in [0.2, 0.25) is 5.02 Å². The highest BCUT2D eigenvalue weighted by molar-refractivity contribution is 6.33. The summed E-state index contributed by atoms with van der Waals surface area (Å²) in [6.45, 7) is 7.08. The molecule has 118 valence electrons. The Morgan fingerprint density at radius 1 is 1.48 bits per heavy atom. The van der Waals surface area contributed by atoms with Crippen LogP contribution in [-0.2, 0) is 16.0 Å². The highest BCUT2D eigenvalue weighted by Gasteiger charge is 2.22. The molecule has 0 saturated carbocycles. The largest absolute Gasteiger partial charge is 0.383 e. The molecule has 1 aliphatic rings. The van der Waals surface area contributed by atoms with Crippen LogP contribution in [-0.4, -0.2) is 46.1 Å². The van der Waals surface area contributed by atoms with Gasteiger partial charge in [-0.1, -0.05) is 30.7 Å². The number of para-hydroxylation sites is 1. The van der Waals surface area contributed by atoms with E-state index in [4.69, 9.17) is 21.1 Å². The van der Waals surface area contributed by atoms with Crippen molar-refractivity contribution < 1.29 is 9.47 Å². The minimum atomic E-state index is 0.296. The lowest BCUT2D eigenvalue weighted by molar-refractivity contribution is 0.0384. The van der Waals surface area contributed by atoms with E-state index in [1.165, 1.54) is 5.56 Å². The van der Waals surface area contributed by atoms with Crippen molar-refractivity contribution in [2.75, 3.05) is 44.9 Å². The summed E-state index contributed by atoms with van der Waals surface area (Å²) in [5.41, 5.74) is 2.38. The summed E-state index contributed by atoms with van der Waals surface area (Å²) in [6, 6.07) is 6.11. The van der Waals surface area contributed by atoms with Crippen molar-refractivity contribution in [1.29, 1.82) is 0 Å². The van der Waals surface area contributed by atoms with Crippen molar-refractivity contribution in [3.05, 3.63) is 28.8 Å². The molecule has 0 bridgehead atoms. The molecule has 1 saturated heterocycles. The standard InChI is InChI=1S/C16H25ClN2O2/c1-3-14-12-19(8-10-21-14)16-13(5-4-6-15(16)17)11-18-7-9-20-2/h4-6,14,18H,3,7-12H2,1-2H3. The predicted molar refractivity (Wildman–Crippen MR) is 87.3 cm³/mol. The number of halogens is 1. The van der Waals surface area contributed by atoms with Crippen molar-refractivity contribution in [3.63, 3.8) is 0 Å². The SMILES string of the molecule is CCC1CN(c2c(Cl)cccc2CNCCOC)CCO1. The number of morpholine rings is 1. The molecular formula is C16H25ClN2O2. The molecule has 0 amide bonds. The van der Waals surface area contributed by atoms with E-state index in [1.54, 1.807) is 7.11 Å². The Kier molecular flexibility index (Phi) is 6.77. The average molecular weight is 313 g/mol. The van der Waals surface area contributed by atoms with E-state index in [9.17, 15) is 0 Å². The molecule has 0 aromatic heterocycles. The fourth-order valence-electron chi connectivity index (χ4n) is 2.62. The Morgan fingerprint density at radius 3 is 3.10 bits per heavy atom. The van der Waals surface area contributed by atoms with Crippen LogP contribution in [0.25, 0.3) is 0 Å². The summed E-state index contributed by atoms with van der Waals surface area (Å²) >= 11 is 6.46. The van der Waals surface area contributed by atoms with Crippen LogP contribution in [0.1, 0.15) is 18.9 Å². The number of rotatable bonds is 7. The predicted octanol–water partition coefficient (Wildman–Crippen LogP) is 2.69. The summed E-state index contributed by atoms with van der Waals surface area (Å²) in [6.07, 6.45) is 1.33. The lowest BCUT2D eigenvalue weighted by Gasteiger charge is -2.36. The van der Waals surface area contributed by atoms with Gasteiger partial charge in [0.15, 0.2) is 0 Å². The number of hydrogen-bond donors (Lipinski definition) is 1. The molecule has 1 unspecified atom stereocenters. The number of ether oxygens (including phenoxy) is 2. The molecule has 1 fully saturated rings. The smallest absolute Gasteiger partial charge is 0.0748 e. The van der Waals surface area contributed by atoms with Crippen LogP contribution in [0.4, 0.5) is 5.69 Å². The lowest BCUT2D eigenvalue weighted by Crippen LogP contribution is -2.43. The van der Waals surface area contributed by atoms with Gasteiger partial charge in [0.1, 0.15) is 0 Å². The zero-order chi connectivity index (χ0) is 15.1. The van der Waals surface area contributed by atoms with Crippen molar-refractivity contribution in [2.45, 2.75) is 26.0 Å². The minimum absolute atomic E-state index is 0.296. The van der Waals surface area contributed by atoms with Gasteiger partial charge in [-0.2, -0.15) is 0 Å². The molecule has 1 N–H and O–H groups in total. The van der Waals surface area contributed by atoms with Crippen molar-refractivity contribution in [2.24, 2.45) is 0 Å². The Balaban J connectivity index is 2.09. The van der Waals surface area contributed by atoms with Crippen molar-refractivity contribution in [3.8, 4) is 0 Å². The first kappa shape index (κ1) is 16.6. The minimum Gasteiger partial charge on any atom is -0.383 e. The molecule has 21 heavy (non-hydrogen) atoms. The van der Waals surface area contributed by atoms with Gasteiger partial charge < -0.3 is 19.7 Å².